The van der Waals surface area contributed by atoms with Crippen molar-refractivity contribution in [3.63, 3.8) is 0 Å². The normalized spacial score (nSPS) is 24.7. The summed E-state index contributed by atoms with van der Waals surface area (Å²) >= 11 is 0.955. The van der Waals surface area contributed by atoms with Crippen LogP contribution in [-0.4, -0.2) is 140 Å². The maximum absolute atomic E-state index is 15.0. The molecule has 2 aromatic heterocycles. The number of hydrogen-bond donors (Lipinski definition) is 4. The van der Waals surface area contributed by atoms with E-state index >= 15 is 0 Å². The van der Waals surface area contributed by atoms with Crippen molar-refractivity contribution >= 4 is 75.5 Å². The third-order valence-electron chi connectivity index (χ3n) is 16.2. The van der Waals surface area contributed by atoms with Gasteiger partial charge >= 0.3 is 18.9 Å². The molecule has 5 aliphatic rings. The highest BCUT2D eigenvalue weighted by molar-refractivity contribution is 7.52. The summed E-state index contributed by atoms with van der Waals surface area (Å²) in [5, 5.41) is 5.34. The molecule has 6 amide bonds. The van der Waals surface area contributed by atoms with Gasteiger partial charge < -0.3 is 39.3 Å². The number of aromatic nitrogens is 2. The van der Waals surface area contributed by atoms with Crippen LogP contribution in [-0.2, 0) is 57.1 Å². The number of rotatable bonds is 15. The number of nitrogens with one attached hydrogen (secondary N) is 2. The minimum absolute atomic E-state index is 0.0346. The van der Waals surface area contributed by atoms with Gasteiger partial charge in [-0.1, -0.05) is 57.2 Å². The van der Waals surface area contributed by atoms with Crippen molar-refractivity contribution < 1.29 is 61.4 Å². The molecule has 23 heteroatoms. The number of alkyl halides is 2. The minimum atomic E-state index is -5.85. The maximum Gasteiger partial charge on any atom is 0.399 e. The molecule has 420 valence electrons. The summed E-state index contributed by atoms with van der Waals surface area (Å²) < 4.78 is 56.8. The molecule has 5 heterocycles. The van der Waals surface area contributed by atoms with Crippen LogP contribution in [0.5, 0.6) is 0 Å². The van der Waals surface area contributed by atoms with E-state index in [1.807, 2.05) is 36.4 Å². The Labute approximate surface area is 454 Å². The van der Waals surface area contributed by atoms with Crippen LogP contribution < -0.4 is 16.3 Å². The van der Waals surface area contributed by atoms with Crippen molar-refractivity contribution in [2.45, 2.75) is 115 Å². The van der Waals surface area contributed by atoms with Crippen molar-refractivity contribution in [1.82, 2.24) is 34.5 Å². The van der Waals surface area contributed by atoms with Crippen LogP contribution in [0.2, 0.25) is 0 Å². The molecule has 3 saturated heterocycles. The Kier molecular flexibility index (Phi) is 16.5. The summed E-state index contributed by atoms with van der Waals surface area (Å²) in [5.41, 5.74) is -4.16. The predicted octanol–water partition coefficient (Wildman–Crippen LogP) is 5.76. The number of allylic oxidation sites excluding steroid dienone is 3. The van der Waals surface area contributed by atoms with Gasteiger partial charge in [0, 0.05) is 62.9 Å². The van der Waals surface area contributed by atoms with E-state index in [4.69, 9.17) is 9.47 Å². The van der Waals surface area contributed by atoms with E-state index in [0.717, 1.165) is 73.1 Å². The second-order valence-corrected chi connectivity index (χ2v) is 25.3. The van der Waals surface area contributed by atoms with E-state index in [0.29, 0.717) is 22.7 Å². The lowest BCUT2D eigenvalue weighted by Gasteiger charge is -2.40. The van der Waals surface area contributed by atoms with Crippen LogP contribution in [0.4, 0.5) is 8.78 Å². The summed E-state index contributed by atoms with van der Waals surface area (Å²) in [7, 11) is -2.44. The van der Waals surface area contributed by atoms with Gasteiger partial charge in [-0.15, -0.1) is 11.3 Å². The number of thiophene rings is 1. The highest BCUT2D eigenvalue weighted by Gasteiger charge is 2.51. The number of likely N-dealkylation sites (N-methyl/N-ethyl adjacent to an activating group) is 1. The van der Waals surface area contributed by atoms with Gasteiger partial charge in [0.2, 0.25) is 29.5 Å². The number of carbonyl (C=O) groups excluding carboxylic acids is 6. The molecule has 2 aliphatic carbocycles. The SMILES string of the molecule is CN(CC1CCC(Cc2ccc3c(c2)n(C)c(=O)n3C2CCC(=O)NC2=O)CC1)C(=O)CO[C@@H]1CCN(C(=O)[C@@H](NC(=O)c2cc3cc(C(F)(F)P(=O)(O)O)ccc3s2)C(C)(C)C)[C@@H]1C(=O)N1CCO[C@H](C2C=CC=CC2)C1. The summed E-state index contributed by atoms with van der Waals surface area (Å²) in [6, 6.07) is 7.16. The van der Waals surface area contributed by atoms with Crippen LogP contribution in [0.25, 0.3) is 21.1 Å². The van der Waals surface area contributed by atoms with E-state index < -0.39 is 66.2 Å². The Balaban J connectivity index is 0.845. The van der Waals surface area contributed by atoms with Crippen LogP contribution in [0.3, 0.4) is 0 Å². The number of piperidine rings is 1. The molecule has 4 N–H and O–H groups in total. The molecular formula is C55H68F2N7O12PS. The molecule has 0 radical (unpaired) electrons. The molecule has 3 aliphatic heterocycles. The van der Waals surface area contributed by atoms with Crippen LogP contribution >= 0.6 is 18.9 Å². The third-order valence-corrected chi connectivity index (χ3v) is 18.3. The number of ether oxygens (including phenoxy) is 2. The smallest absolute Gasteiger partial charge is 0.374 e. The summed E-state index contributed by atoms with van der Waals surface area (Å²) in [5.74, 6) is -2.05. The minimum Gasteiger partial charge on any atom is -0.374 e. The lowest BCUT2D eigenvalue weighted by atomic mass is 9.79. The van der Waals surface area contributed by atoms with Gasteiger partial charge in [0.05, 0.1) is 34.7 Å². The number of nitrogens with zero attached hydrogens (tertiary/aromatic N) is 5. The first-order valence-corrected chi connectivity index (χ1v) is 29.0. The Morgan fingerprint density at radius 1 is 0.962 bits per heavy atom. The number of benzene rings is 2. The van der Waals surface area contributed by atoms with Crippen LogP contribution in [0, 0.1) is 23.2 Å². The van der Waals surface area contributed by atoms with Gasteiger partial charge in [0.15, 0.2) is 0 Å². The Bertz CT molecular complexity index is 3170. The Morgan fingerprint density at radius 2 is 1.71 bits per heavy atom. The van der Waals surface area contributed by atoms with E-state index in [2.05, 4.69) is 16.7 Å². The predicted molar refractivity (Wildman–Crippen MR) is 286 cm³/mol. The molecule has 1 saturated carbocycles. The van der Waals surface area contributed by atoms with Crippen molar-refractivity contribution in [2.24, 2.45) is 30.2 Å². The van der Waals surface area contributed by atoms with E-state index in [1.165, 1.54) is 21.6 Å². The molecule has 78 heavy (non-hydrogen) atoms. The van der Waals surface area contributed by atoms with Crippen molar-refractivity contribution in [3.8, 4) is 0 Å². The fourth-order valence-corrected chi connectivity index (χ4v) is 13.1. The largest absolute Gasteiger partial charge is 0.399 e. The standard InChI is InChI=1S/C55H68F2N7O12PS/c1-54(2,3)48(59-50(68)44-28-36-27-37(16-19-43(36)78-44)55(56,57)77(72,73)74)52(70)63-22-21-41(47(63)51(69)62-23-24-75-42(30-62)35-9-7-6-8-10-35)76-31-46(66)60(4)29-33-13-11-32(12-14-33)25-34-15-17-38-40(26-34)61(5)53(71)64(38)39-18-20-45(65)58-49(39)67/h6-9,15-17,19,26-28,32-33,35,39,41-42,47-48H,10-14,18,20-25,29-31H2,1-5H3,(H,59,68)(H,58,65,67)(H2,72,73,74)/t32?,33?,35?,39?,41-,42+,47+,48-/m1/s1. The zero-order valence-corrected chi connectivity index (χ0v) is 46.1. The molecule has 0 bridgehead atoms. The number of imidazole rings is 1. The highest BCUT2D eigenvalue weighted by atomic mass is 32.1. The topological polar surface area (TPSA) is 239 Å². The first-order chi connectivity index (χ1) is 36.9. The number of fused-ring (bicyclic) bond motifs is 2. The number of morpholine rings is 1. The number of aryl methyl sites for hydroxylation is 1. The van der Waals surface area contributed by atoms with Gasteiger partial charge in [0.25, 0.3) is 5.91 Å². The third kappa shape index (κ3) is 11.8. The van der Waals surface area contributed by atoms with Gasteiger partial charge in [-0.3, -0.25) is 47.8 Å². The molecule has 2 aromatic carbocycles. The van der Waals surface area contributed by atoms with Gasteiger partial charge in [-0.2, -0.15) is 8.78 Å². The quantitative estimate of drug-likeness (QED) is 0.0822. The lowest BCUT2D eigenvalue weighted by molar-refractivity contribution is -0.156. The number of halogens is 2. The molecular weight excluding hydrogens is 1050 g/mol. The Morgan fingerprint density at radius 3 is 2.40 bits per heavy atom. The average Bonchev–Trinajstić information content (AvgIpc) is 4.14. The Hall–Kier alpha value is -5.90. The van der Waals surface area contributed by atoms with Crippen molar-refractivity contribution in [2.75, 3.05) is 46.4 Å². The fourth-order valence-electron chi connectivity index (χ4n) is 11.7. The average molecular weight is 1120 g/mol. The van der Waals surface area contributed by atoms with Gasteiger partial charge in [-0.25, -0.2) is 4.79 Å². The number of likely N-dealkylation sites (tertiary alicyclic amines) is 1. The molecule has 19 nitrogen and oxygen atoms in total. The second-order valence-electron chi connectivity index (χ2n) is 22.6. The fraction of sp³-hybridized carbons (Fsp3) is 0.545. The van der Waals surface area contributed by atoms with Gasteiger partial charge in [-0.05, 0) is 110 Å². The first-order valence-electron chi connectivity index (χ1n) is 26.6. The molecule has 4 fully saturated rings. The number of imide groups is 1. The zero-order chi connectivity index (χ0) is 56.0. The van der Waals surface area contributed by atoms with Crippen LogP contribution in [0.15, 0.2) is 71.6 Å². The molecule has 6 atom stereocenters. The van der Waals surface area contributed by atoms with Crippen LogP contribution in [0.1, 0.15) is 99.0 Å². The first kappa shape index (κ1) is 56.8. The van der Waals surface area contributed by atoms with E-state index in [-0.39, 0.29) is 104 Å². The molecule has 4 aromatic rings. The monoisotopic (exact) mass is 1120 g/mol. The van der Waals surface area contributed by atoms with Crippen molar-refractivity contribution in [3.05, 3.63) is 93.3 Å². The molecule has 0 spiro atoms. The summed E-state index contributed by atoms with van der Waals surface area (Å²) in [6.07, 6.45) is 12.7. The highest BCUT2D eigenvalue weighted by Crippen LogP contribution is 2.59. The number of carbonyl (C=O) groups is 6. The zero-order valence-electron chi connectivity index (χ0n) is 44.4. The lowest BCUT2D eigenvalue weighted by Crippen LogP contribution is -2.61. The van der Waals surface area contributed by atoms with E-state index in [9.17, 15) is 56.7 Å². The molecule has 9 rings (SSSR count). The molecule has 2 unspecified atom stereocenters. The second kappa shape index (κ2) is 22.7. The number of hydrogen-bond acceptors (Lipinski definition) is 11. The van der Waals surface area contributed by atoms with Gasteiger partial charge in [0.1, 0.15) is 24.7 Å². The number of amides is 6. The summed E-state index contributed by atoms with van der Waals surface area (Å²) in [4.78, 5) is 119. The maximum atomic E-state index is 15.0. The van der Waals surface area contributed by atoms with Crippen molar-refractivity contribution in [1.29, 1.82) is 0 Å². The van der Waals surface area contributed by atoms with E-state index in [1.54, 1.807) is 49.2 Å². The summed E-state index contributed by atoms with van der Waals surface area (Å²) in [6.45, 7) is 6.33.